The number of nitrogens with zero attached hydrogens (tertiary/aromatic N) is 1. The van der Waals surface area contributed by atoms with Crippen LogP contribution >= 0.6 is 0 Å². The molecule has 4 heteroatoms. The van der Waals surface area contributed by atoms with E-state index in [0.717, 1.165) is 17.0 Å². The Labute approximate surface area is 125 Å². The average Bonchev–Trinajstić information content (AvgIpc) is 2.93. The predicted octanol–water partition coefficient (Wildman–Crippen LogP) is 3.73. The lowest BCUT2D eigenvalue weighted by Crippen LogP contribution is -2.13. The second-order valence-electron chi connectivity index (χ2n) is 5.34. The second kappa shape index (κ2) is 7.09. The molecule has 1 N–H and O–H groups in total. The summed E-state index contributed by atoms with van der Waals surface area (Å²) < 4.78 is 10.9. The van der Waals surface area contributed by atoms with Crippen LogP contribution in [0.4, 0.5) is 0 Å². The van der Waals surface area contributed by atoms with Crippen LogP contribution in [0.2, 0.25) is 0 Å². The summed E-state index contributed by atoms with van der Waals surface area (Å²) in [7, 11) is 0. The van der Waals surface area contributed by atoms with Crippen LogP contribution in [-0.4, -0.2) is 23.0 Å². The van der Waals surface area contributed by atoms with E-state index >= 15 is 0 Å². The van der Waals surface area contributed by atoms with Crippen molar-refractivity contribution in [2.45, 2.75) is 32.8 Å². The van der Waals surface area contributed by atoms with Crippen molar-refractivity contribution < 1.29 is 14.4 Å². The number of benzene rings is 1. The molecule has 21 heavy (non-hydrogen) atoms. The summed E-state index contributed by atoms with van der Waals surface area (Å²) in [5, 5.41) is 13.3. The molecule has 1 atom stereocenters. The molecule has 0 fully saturated rings. The average molecular weight is 287 g/mol. The van der Waals surface area contributed by atoms with E-state index < -0.39 is 6.10 Å². The number of ether oxygens (including phenoxy) is 1. The topological polar surface area (TPSA) is 55.5 Å². The Bertz CT molecular complexity index is 600. The molecular formula is C17H21NO3. The summed E-state index contributed by atoms with van der Waals surface area (Å²) >= 11 is 0. The van der Waals surface area contributed by atoms with Gasteiger partial charge in [-0.2, -0.15) is 0 Å². The highest BCUT2D eigenvalue weighted by Gasteiger charge is 2.06. The standard InChI is InChI=1S/C17H21NO3/c1-12(2)16-10-15(21-18-16)9-8-14-6-4-5-7-17(14)20-11-13(3)19/h4-10,12-13,19H,11H2,1-3H3. The van der Waals surface area contributed by atoms with Gasteiger partial charge in [-0.3, -0.25) is 0 Å². The highest BCUT2D eigenvalue weighted by molar-refractivity contribution is 5.70. The molecule has 2 aromatic rings. The van der Waals surface area contributed by atoms with Crippen LogP contribution in [0, 0.1) is 0 Å². The third-order valence-electron chi connectivity index (χ3n) is 2.96. The Hall–Kier alpha value is -2.07. The van der Waals surface area contributed by atoms with Crippen molar-refractivity contribution in [2.24, 2.45) is 0 Å². The minimum atomic E-state index is -0.495. The lowest BCUT2D eigenvalue weighted by molar-refractivity contribution is 0.122. The predicted molar refractivity (Wildman–Crippen MR) is 83.1 cm³/mol. The van der Waals surface area contributed by atoms with Crippen LogP contribution in [-0.2, 0) is 0 Å². The molecule has 0 aliphatic carbocycles. The third kappa shape index (κ3) is 4.46. The van der Waals surface area contributed by atoms with E-state index in [1.54, 1.807) is 6.92 Å². The van der Waals surface area contributed by atoms with Gasteiger partial charge in [-0.1, -0.05) is 37.2 Å². The largest absolute Gasteiger partial charge is 0.490 e. The van der Waals surface area contributed by atoms with Gasteiger partial charge in [0, 0.05) is 11.6 Å². The van der Waals surface area contributed by atoms with Crippen molar-refractivity contribution >= 4 is 12.2 Å². The first-order valence-electron chi connectivity index (χ1n) is 7.11. The van der Waals surface area contributed by atoms with Gasteiger partial charge in [-0.15, -0.1) is 0 Å². The Morgan fingerprint density at radius 3 is 2.67 bits per heavy atom. The molecule has 2 rings (SSSR count). The molecule has 0 spiro atoms. The summed E-state index contributed by atoms with van der Waals surface area (Å²) in [5.41, 5.74) is 1.87. The molecule has 0 amide bonds. The van der Waals surface area contributed by atoms with Gasteiger partial charge in [0.05, 0.1) is 11.8 Å². The molecule has 0 aliphatic rings. The summed E-state index contributed by atoms with van der Waals surface area (Å²) in [4.78, 5) is 0. The summed E-state index contributed by atoms with van der Waals surface area (Å²) in [6.07, 6.45) is 3.29. The highest BCUT2D eigenvalue weighted by atomic mass is 16.5. The minimum Gasteiger partial charge on any atom is -0.490 e. The van der Waals surface area contributed by atoms with Crippen LogP contribution in [0.15, 0.2) is 34.9 Å². The molecule has 1 unspecified atom stereocenters. The van der Waals surface area contributed by atoms with Crippen LogP contribution in [0.5, 0.6) is 5.75 Å². The molecule has 0 saturated carbocycles. The fourth-order valence-corrected chi connectivity index (χ4v) is 1.79. The monoisotopic (exact) mass is 287 g/mol. The van der Waals surface area contributed by atoms with E-state index in [4.69, 9.17) is 9.26 Å². The number of hydrogen-bond donors (Lipinski definition) is 1. The fourth-order valence-electron chi connectivity index (χ4n) is 1.79. The van der Waals surface area contributed by atoms with Gasteiger partial charge >= 0.3 is 0 Å². The van der Waals surface area contributed by atoms with Gasteiger partial charge in [0.25, 0.3) is 0 Å². The Balaban J connectivity index is 2.12. The third-order valence-corrected chi connectivity index (χ3v) is 2.96. The maximum atomic E-state index is 9.30. The molecule has 4 nitrogen and oxygen atoms in total. The Kier molecular flexibility index (Phi) is 5.17. The van der Waals surface area contributed by atoms with Gasteiger partial charge in [0.15, 0.2) is 5.76 Å². The number of rotatable bonds is 6. The van der Waals surface area contributed by atoms with Crippen LogP contribution in [0.25, 0.3) is 12.2 Å². The molecule has 1 aromatic carbocycles. The van der Waals surface area contributed by atoms with Gasteiger partial charge in [0.1, 0.15) is 12.4 Å². The molecule has 0 bridgehead atoms. The van der Waals surface area contributed by atoms with E-state index in [1.807, 2.05) is 42.5 Å². The minimum absolute atomic E-state index is 0.269. The lowest BCUT2D eigenvalue weighted by Gasteiger charge is -2.10. The number of hydrogen-bond acceptors (Lipinski definition) is 4. The zero-order valence-electron chi connectivity index (χ0n) is 12.6. The number of para-hydroxylation sites is 1. The van der Waals surface area contributed by atoms with Crippen molar-refractivity contribution in [3.8, 4) is 5.75 Å². The molecule has 1 aromatic heterocycles. The first-order valence-corrected chi connectivity index (χ1v) is 7.11. The molecule has 0 radical (unpaired) electrons. The zero-order chi connectivity index (χ0) is 15.2. The van der Waals surface area contributed by atoms with Crippen LogP contribution < -0.4 is 4.74 Å². The second-order valence-corrected chi connectivity index (χ2v) is 5.34. The normalized spacial score (nSPS) is 13.0. The molecule has 0 aliphatic heterocycles. The number of aromatic nitrogens is 1. The number of aliphatic hydroxyl groups excluding tert-OH is 1. The van der Waals surface area contributed by atoms with E-state index in [9.17, 15) is 5.11 Å². The molecule has 1 heterocycles. The SMILES string of the molecule is CC(O)COc1ccccc1C=Cc1cc(C(C)C)no1. The fraction of sp³-hybridized carbons (Fsp3) is 0.353. The summed E-state index contributed by atoms with van der Waals surface area (Å²) in [6.45, 7) is 6.11. The van der Waals surface area contributed by atoms with Gasteiger partial charge in [-0.25, -0.2) is 0 Å². The van der Waals surface area contributed by atoms with Crippen LogP contribution in [0.3, 0.4) is 0 Å². The number of aliphatic hydroxyl groups is 1. The maximum Gasteiger partial charge on any atom is 0.159 e. The quantitative estimate of drug-likeness (QED) is 0.879. The smallest absolute Gasteiger partial charge is 0.159 e. The van der Waals surface area contributed by atoms with Gasteiger partial charge in [0.2, 0.25) is 0 Å². The zero-order valence-corrected chi connectivity index (χ0v) is 12.6. The van der Waals surface area contributed by atoms with Crippen molar-refractivity contribution in [3.05, 3.63) is 47.3 Å². The Morgan fingerprint density at radius 1 is 1.24 bits per heavy atom. The molecule has 112 valence electrons. The van der Waals surface area contributed by atoms with E-state index in [-0.39, 0.29) is 6.61 Å². The summed E-state index contributed by atoms with van der Waals surface area (Å²) in [5.74, 6) is 1.79. The molecular weight excluding hydrogens is 266 g/mol. The van der Waals surface area contributed by atoms with Gasteiger partial charge < -0.3 is 14.4 Å². The van der Waals surface area contributed by atoms with Crippen molar-refractivity contribution in [1.29, 1.82) is 0 Å². The lowest BCUT2D eigenvalue weighted by atomic mass is 10.1. The summed E-state index contributed by atoms with van der Waals surface area (Å²) in [6, 6.07) is 9.60. The van der Waals surface area contributed by atoms with E-state index in [0.29, 0.717) is 11.7 Å². The van der Waals surface area contributed by atoms with Crippen molar-refractivity contribution in [3.63, 3.8) is 0 Å². The molecule has 0 saturated heterocycles. The van der Waals surface area contributed by atoms with Crippen LogP contribution in [0.1, 0.15) is 43.7 Å². The first-order chi connectivity index (χ1) is 10.1. The van der Waals surface area contributed by atoms with E-state index in [2.05, 4.69) is 19.0 Å². The van der Waals surface area contributed by atoms with Crippen molar-refractivity contribution in [2.75, 3.05) is 6.61 Å². The first kappa shape index (κ1) is 15.3. The van der Waals surface area contributed by atoms with Crippen molar-refractivity contribution in [1.82, 2.24) is 5.16 Å². The Morgan fingerprint density at radius 2 is 2.00 bits per heavy atom. The maximum absolute atomic E-state index is 9.30. The highest BCUT2D eigenvalue weighted by Crippen LogP contribution is 2.22. The van der Waals surface area contributed by atoms with Gasteiger partial charge in [-0.05, 0) is 31.1 Å². The van der Waals surface area contributed by atoms with E-state index in [1.165, 1.54) is 0 Å².